The molecule has 2 N–H and O–H groups in total. The third-order valence-electron chi connectivity index (χ3n) is 3.42. The standard InChI is InChI=1S/C16H18N4O2/c1-20-14-5-4-12(17)9-13(14)16(19-20)11-3-6-15(18-10-11)22-8-7-21-2/h3-6,9-10H,7-8,17H2,1-2H3. The molecule has 2 heterocycles. The number of nitrogen functional groups attached to an aromatic ring is 1. The minimum Gasteiger partial charge on any atom is -0.475 e. The molecule has 0 amide bonds. The zero-order valence-corrected chi connectivity index (χ0v) is 12.6. The van der Waals surface area contributed by atoms with E-state index in [0.29, 0.717) is 24.8 Å². The zero-order valence-electron chi connectivity index (χ0n) is 12.6. The summed E-state index contributed by atoms with van der Waals surface area (Å²) >= 11 is 0. The lowest BCUT2D eigenvalue weighted by molar-refractivity contribution is 0.144. The smallest absolute Gasteiger partial charge is 0.213 e. The van der Waals surface area contributed by atoms with Crippen molar-refractivity contribution in [1.82, 2.24) is 14.8 Å². The van der Waals surface area contributed by atoms with Gasteiger partial charge in [-0.25, -0.2) is 4.98 Å². The van der Waals surface area contributed by atoms with Crippen LogP contribution in [-0.2, 0) is 11.8 Å². The van der Waals surface area contributed by atoms with Crippen molar-refractivity contribution >= 4 is 16.6 Å². The first kappa shape index (κ1) is 14.3. The average molecular weight is 298 g/mol. The van der Waals surface area contributed by atoms with Gasteiger partial charge in [0.25, 0.3) is 0 Å². The summed E-state index contributed by atoms with van der Waals surface area (Å²) in [6.45, 7) is 1.01. The minimum absolute atomic E-state index is 0.478. The van der Waals surface area contributed by atoms with E-state index in [0.717, 1.165) is 22.2 Å². The molecule has 6 nitrogen and oxygen atoms in total. The fourth-order valence-electron chi connectivity index (χ4n) is 2.33. The number of methoxy groups -OCH3 is 1. The Morgan fingerprint density at radius 2 is 2.05 bits per heavy atom. The van der Waals surface area contributed by atoms with Gasteiger partial charge >= 0.3 is 0 Å². The summed E-state index contributed by atoms with van der Waals surface area (Å²) < 4.78 is 12.2. The van der Waals surface area contributed by atoms with Crippen molar-refractivity contribution in [2.24, 2.45) is 7.05 Å². The maximum Gasteiger partial charge on any atom is 0.213 e. The third-order valence-corrected chi connectivity index (χ3v) is 3.42. The summed E-state index contributed by atoms with van der Waals surface area (Å²) in [5, 5.41) is 5.58. The molecular formula is C16H18N4O2. The Morgan fingerprint density at radius 1 is 1.18 bits per heavy atom. The molecule has 22 heavy (non-hydrogen) atoms. The van der Waals surface area contributed by atoms with E-state index in [2.05, 4.69) is 10.1 Å². The van der Waals surface area contributed by atoms with Crippen LogP contribution >= 0.6 is 0 Å². The maximum atomic E-state index is 5.89. The summed E-state index contributed by atoms with van der Waals surface area (Å²) in [4.78, 5) is 4.31. The minimum atomic E-state index is 0.478. The van der Waals surface area contributed by atoms with Gasteiger partial charge in [0.1, 0.15) is 12.3 Å². The molecule has 0 aliphatic heterocycles. The van der Waals surface area contributed by atoms with Crippen LogP contribution in [-0.4, -0.2) is 35.1 Å². The van der Waals surface area contributed by atoms with E-state index in [1.54, 1.807) is 13.3 Å². The molecule has 0 radical (unpaired) electrons. The van der Waals surface area contributed by atoms with Crippen LogP contribution in [0.15, 0.2) is 36.5 Å². The lowest BCUT2D eigenvalue weighted by Crippen LogP contribution is -2.05. The molecule has 0 saturated heterocycles. The number of aromatic nitrogens is 3. The van der Waals surface area contributed by atoms with E-state index in [4.69, 9.17) is 15.2 Å². The SMILES string of the molecule is COCCOc1ccc(-c2nn(C)c3ccc(N)cc23)cn1. The van der Waals surface area contributed by atoms with Crippen LogP contribution in [0.2, 0.25) is 0 Å². The molecule has 0 unspecified atom stereocenters. The van der Waals surface area contributed by atoms with E-state index in [1.165, 1.54) is 0 Å². The Bertz CT molecular complexity index is 781. The van der Waals surface area contributed by atoms with Crippen molar-refractivity contribution in [2.75, 3.05) is 26.1 Å². The van der Waals surface area contributed by atoms with E-state index < -0.39 is 0 Å². The first-order chi connectivity index (χ1) is 10.7. The molecule has 1 aromatic carbocycles. The maximum absolute atomic E-state index is 5.89. The second-order valence-electron chi connectivity index (χ2n) is 4.98. The van der Waals surface area contributed by atoms with Gasteiger partial charge in [0.05, 0.1) is 12.1 Å². The van der Waals surface area contributed by atoms with Gasteiger partial charge in [-0.05, 0) is 24.3 Å². The summed E-state index contributed by atoms with van der Waals surface area (Å²) in [5.74, 6) is 0.570. The van der Waals surface area contributed by atoms with Gasteiger partial charge in [0, 0.05) is 43.1 Å². The number of nitrogens with two attached hydrogens (primary N) is 1. The molecule has 2 aromatic heterocycles. The number of pyridine rings is 1. The number of aryl methyl sites for hydroxylation is 1. The Hall–Kier alpha value is -2.60. The molecule has 3 aromatic rings. The van der Waals surface area contributed by atoms with Crippen LogP contribution in [0.4, 0.5) is 5.69 Å². The number of benzene rings is 1. The number of nitrogens with zero attached hydrogens (tertiary/aromatic N) is 3. The van der Waals surface area contributed by atoms with Crippen LogP contribution in [0.5, 0.6) is 5.88 Å². The van der Waals surface area contributed by atoms with Crippen LogP contribution in [0.3, 0.4) is 0 Å². The molecular weight excluding hydrogens is 280 g/mol. The number of hydrogen-bond donors (Lipinski definition) is 1. The van der Waals surface area contributed by atoms with Gasteiger partial charge in [-0.15, -0.1) is 0 Å². The highest BCUT2D eigenvalue weighted by Crippen LogP contribution is 2.29. The number of rotatable bonds is 5. The second-order valence-corrected chi connectivity index (χ2v) is 4.98. The van der Waals surface area contributed by atoms with Crippen LogP contribution < -0.4 is 10.5 Å². The van der Waals surface area contributed by atoms with Crippen molar-refractivity contribution < 1.29 is 9.47 Å². The predicted molar refractivity (Wildman–Crippen MR) is 85.7 cm³/mol. The summed E-state index contributed by atoms with van der Waals surface area (Å²) in [7, 11) is 3.55. The zero-order chi connectivity index (χ0) is 15.5. The summed E-state index contributed by atoms with van der Waals surface area (Å²) in [6, 6.07) is 9.55. The monoisotopic (exact) mass is 298 g/mol. The second kappa shape index (κ2) is 6.03. The Balaban J connectivity index is 1.92. The highest BCUT2D eigenvalue weighted by Gasteiger charge is 2.11. The van der Waals surface area contributed by atoms with E-state index >= 15 is 0 Å². The van der Waals surface area contributed by atoms with Crippen LogP contribution in [0, 0.1) is 0 Å². The van der Waals surface area contributed by atoms with Gasteiger partial charge < -0.3 is 15.2 Å². The Labute approximate surface area is 128 Å². The van der Waals surface area contributed by atoms with Crippen molar-refractivity contribution in [3.05, 3.63) is 36.5 Å². The van der Waals surface area contributed by atoms with Crippen LogP contribution in [0.1, 0.15) is 0 Å². The van der Waals surface area contributed by atoms with Gasteiger partial charge in [0.2, 0.25) is 5.88 Å². The predicted octanol–water partition coefficient (Wildman–Crippen LogP) is 2.24. The molecule has 114 valence electrons. The molecule has 3 rings (SSSR count). The fraction of sp³-hybridized carbons (Fsp3) is 0.250. The van der Waals surface area contributed by atoms with Crippen molar-refractivity contribution in [3.63, 3.8) is 0 Å². The molecule has 0 aliphatic rings. The number of ether oxygens (including phenoxy) is 2. The van der Waals surface area contributed by atoms with E-state index in [1.807, 2.05) is 42.1 Å². The molecule has 0 bridgehead atoms. The van der Waals surface area contributed by atoms with Gasteiger partial charge in [0.15, 0.2) is 0 Å². The first-order valence-corrected chi connectivity index (χ1v) is 6.99. The Morgan fingerprint density at radius 3 is 2.77 bits per heavy atom. The largest absolute Gasteiger partial charge is 0.475 e. The highest BCUT2D eigenvalue weighted by atomic mass is 16.5. The normalized spacial score (nSPS) is 11.0. The number of hydrogen-bond acceptors (Lipinski definition) is 5. The van der Waals surface area contributed by atoms with Gasteiger partial charge in [-0.3, -0.25) is 4.68 Å². The molecule has 0 saturated carbocycles. The number of anilines is 1. The van der Waals surface area contributed by atoms with Gasteiger partial charge in [-0.2, -0.15) is 5.10 Å². The van der Waals surface area contributed by atoms with E-state index in [-0.39, 0.29) is 0 Å². The van der Waals surface area contributed by atoms with E-state index in [9.17, 15) is 0 Å². The molecule has 6 heteroatoms. The average Bonchev–Trinajstić information content (AvgIpc) is 2.85. The van der Waals surface area contributed by atoms with Crippen LogP contribution in [0.25, 0.3) is 22.2 Å². The lowest BCUT2D eigenvalue weighted by Gasteiger charge is -2.05. The molecule has 0 atom stereocenters. The van der Waals surface area contributed by atoms with Crippen molar-refractivity contribution in [2.45, 2.75) is 0 Å². The molecule has 0 aliphatic carbocycles. The topological polar surface area (TPSA) is 75.2 Å². The summed E-state index contributed by atoms with van der Waals surface area (Å²) in [5.41, 5.74) is 9.42. The van der Waals surface area contributed by atoms with Crippen molar-refractivity contribution in [3.8, 4) is 17.1 Å². The lowest BCUT2D eigenvalue weighted by atomic mass is 10.1. The third kappa shape index (κ3) is 2.73. The first-order valence-electron chi connectivity index (χ1n) is 6.99. The quantitative estimate of drug-likeness (QED) is 0.577. The number of fused-ring (bicyclic) bond motifs is 1. The van der Waals surface area contributed by atoms with Crippen molar-refractivity contribution in [1.29, 1.82) is 0 Å². The Kier molecular flexibility index (Phi) is 3.93. The molecule has 0 fully saturated rings. The molecule has 0 spiro atoms. The fourth-order valence-corrected chi connectivity index (χ4v) is 2.33. The highest BCUT2D eigenvalue weighted by molar-refractivity contribution is 5.95. The summed E-state index contributed by atoms with van der Waals surface area (Å²) in [6.07, 6.45) is 1.76. The van der Waals surface area contributed by atoms with Gasteiger partial charge in [-0.1, -0.05) is 0 Å².